The van der Waals surface area contributed by atoms with E-state index in [0.717, 1.165) is 63.4 Å². The van der Waals surface area contributed by atoms with Crippen LogP contribution in [0.1, 0.15) is 110 Å². The van der Waals surface area contributed by atoms with Crippen LogP contribution in [0.2, 0.25) is 0 Å². The van der Waals surface area contributed by atoms with Gasteiger partial charge in [-0.15, -0.1) is 0 Å². The number of allylic oxidation sites excluding steroid dienone is 1. The number of ether oxygens (including phenoxy) is 3. The summed E-state index contributed by atoms with van der Waals surface area (Å²) in [6, 6.07) is 11.0. The summed E-state index contributed by atoms with van der Waals surface area (Å²) in [5.41, 5.74) is 2.55. The topological polar surface area (TPSA) is 97.3 Å². The zero-order chi connectivity index (χ0) is 36.4. The molecule has 1 spiro atoms. The van der Waals surface area contributed by atoms with E-state index in [2.05, 4.69) is 85.7 Å². The number of aliphatic hydroxyl groups is 1. The Balaban J connectivity index is 1.27. The second kappa shape index (κ2) is 13.3. The quantitative estimate of drug-likeness (QED) is 0.144. The van der Waals surface area contributed by atoms with Crippen LogP contribution < -0.4 is 5.43 Å². The summed E-state index contributed by atoms with van der Waals surface area (Å²) in [6.45, 7) is 9.34. The molecule has 280 valence electrons. The van der Waals surface area contributed by atoms with Crippen molar-refractivity contribution in [3.8, 4) is 12.0 Å². The van der Waals surface area contributed by atoms with Crippen LogP contribution in [0.5, 0.6) is 0 Å². The number of hydrogen-bond acceptors (Lipinski definition) is 8. The Morgan fingerprint density at radius 2 is 1.98 bits per heavy atom. The van der Waals surface area contributed by atoms with Crippen LogP contribution in [0.25, 0.3) is 0 Å². The zero-order valence-electron chi connectivity index (χ0n) is 31.6. The summed E-state index contributed by atoms with van der Waals surface area (Å²) >= 11 is 0. The first kappa shape index (κ1) is 35.9. The smallest absolute Gasteiger partial charge is 0.331 e. The minimum Gasteiger partial charge on any atom is -0.458 e. The summed E-state index contributed by atoms with van der Waals surface area (Å²) in [7, 11) is 0. The Bertz CT molecular complexity index is 1680. The maximum absolute atomic E-state index is 13.4. The Kier molecular flexibility index (Phi) is 9.19. The van der Waals surface area contributed by atoms with Gasteiger partial charge in [0.2, 0.25) is 0 Å². The van der Waals surface area contributed by atoms with E-state index in [1.54, 1.807) is 6.08 Å². The van der Waals surface area contributed by atoms with E-state index in [9.17, 15) is 14.7 Å². The average molecular weight is 711 g/mol. The van der Waals surface area contributed by atoms with Crippen LogP contribution in [0.4, 0.5) is 0 Å². The van der Waals surface area contributed by atoms with Crippen molar-refractivity contribution >= 4 is 11.9 Å². The van der Waals surface area contributed by atoms with E-state index >= 15 is 0 Å². The largest absolute Gasteiger partial charge is 0.458 e. The minimum absolute atomic E-state index is 0.0446. The third-order valence-electron chi connectivity index (χ3n) is 15.1. The number of carbonyl (C=O) groups excluding carboxylic acids is 2. The van der Waals surface area contributed by atoms with E-state index < -0.39 is 28.3 Å². The molecular formula is C44H58N2O6. The number of fused-ring (bicyclic) bond motifs is 4. The first-order valence-corrected chi connectivity index (χ1v) is 20.1. The highest BCUT2D eigenvalue weighted by Gasteiger charge is 2.84. The standard InChI is InChI=1S/C44H58N2O6/c1-30(11-8-14-32-12-6-5-7-13-32)17-18-34-20-22-40(3)29-42(52-31(2)47)39-41(4)23-21-37(48)44(34,39)43(40,24-19-33-27-38(49)50-28-33)51-26-10-25-46(45-42)36-16-9-15-35(36)41/h5-7,12-13,20,22,27,30,34-37,39,45,48H,8-9,11,14-19,21,23-25,28-29H2,1-4H3/t30-,34-,35+,36+,37-,39?,40-,41+,42+,43-,44-/m1/s1. The monoisotopic (exact) mass is 710 g/mol. The molecule has 8 aliphatic rings. The number of esters is 2. The first-order valence-electron chi connectivity index (χ1n) is 20.1. The molecule has 6 bridgehead atoms. The van der Waals surface area contributed by atoms with Crippen LogP contribution in [-0.4, -0.2) is 58.7 Å². The van der Waals surface area contributed by atoms with E-state index in [1.807, 2.05) is 0 Å². The van der Waals surface area contributed by atoms with Crippen molar-refractivity contribution in [3.05, 3.63) is 59.7 Å². The normalized spacial score (nSPS) is 42.9. The fraction of sp³-hybridized carbons (Fsp3) is 0.682. The lowest BCUT2D eigenvalue weighted by molar-refractivity contribution is -0.358. The van der Waals surface area contributed by atoms with Gasteiger partial charge in [0.1, 0.15) is 18.3 Å². The van der Waals surface area contributed by atoms with Crippen molar-refractivity contribution in [2.24, 2.45) is 39.9 Å². The van der Waals surface area contributed by atoms with Gasteiger partial charge < -0.3 is 19.3 Å². The minimum atomic E-state index is -1.07. The molecule has 3 saturated carbocycles. The van der Waals surface area contributed by atoms with Crippen molar-refractivity contribution in [3.63, 3.8) is 0 Å². The highest BCUT2D eigenvalue weighted by molar-refractivity contribution is 5.85. The zero-order valence-corrected chi connectivity index (χ0v) is 31.6. The van der Waals surface area contributed by atoms with E-state index in [1.165, 1.54) is 12.5 Å². The molecule has 0 radical (unpaired) electrons. The molecule has 4 fully saturated rings. The molecule has 4 aliphatic heterocycles. The lowest BCUT2D eigenvalue weighted by Gasteiger charge is -2.76. The number of benzene rings is 1. The lowest BCUT2D eigenvalue weighted by Crippen LogP contribution is -2.84. The number of nitrogens with zero attached hydrogens (tertiary/aromatic N) is 1. The van der Waals surface area contributed by atoms with Gasteiger partial charge in [0.25, 0.3) is 0 Å². The van der Waals surface area contributed by atoms with Crippen molar-refractivity contribution < 1.29 is 28.9 Å². The second-order valence-corrected chi connectivity index (χ2v) is 18.0. The molecule has 4 aliphatic carbocycles. The second-order valence-electron chi connectivity index (χ2n) is 18.0. The van der Waals surface area contributed by atoms with Gasteiger partial charge in [0.05, 0.1) is 18.1 Å². The SMILES string of the molecule is CC(=O)O[C@@]12C[C@@]3(C)C=C[C@@H](CC[C@H](C)CCCc4ccccc4)[C@]45C1[C@@](C)(CC[C@H]4O)[C@H]1CCC[C@@H]1N(CC#CO[C@@]53CCC1=CC(=O)OC1)N2. The number of carbonyl (C=O) groups is 2. The maximum Gasteiger partial charge on any atom is 0.331 e. The summed E-state index contributed by atoms with van der Waals surface area (Å²) in [5, 5.41) is 15.4. The van der Waals surface area contributed by atoms with Gasteiger partial charge in [-0.25, -0.2) is 15.2 Å². The molecule has 8 heteroatoms. The van der Waals surface area contributed by atoms with Gasteiger partial charge in [0, 0.05) is 36.8 Å². The molecule has 9 rings (SSSR count). The van der Waals surface area contributed by atoms with Crippen LogP contribution in [0.15, 0.2) is 54.1 Å². The molecule has 8 nitrogen and oxygen atoms in total. The molecule has 2 N–H and O–H groups in total. The van der Waals surface area contributed by atoms with Gasteiger partial charge in [-0.3, -0.25) is 4.79 Å². The van der Waals surface area contributed by atoms with E-state index in [-0.39, 0.29) is 41.8 Å². The van der Waals surface area contributed by atoms with Gasteiger partial charge in [-0.05, 0) is 98.0 Å². The van der Waals surface area contributed by atoms with E-state index in [0.29, 0.717) is 44.1 Å². The molecule has 1 aromatic rings. The molecule has 2 unspecified atom stereocenters. The predicted octanol–water partition coefficient (Wildman–Crippen LogP) is 7.03. The Hall–Kier alpha value is -3.12. The lowest BCUT2D eigenvalue weighted by atomic mass is 9.31. The van der Waals surface area contributed by atoms with Crippen LogP contribution >= 0.6 is 0 Å². The van der Waals surface area contributed by atoms with Crippen molar-refractivity contribution in [2.75, 3.05) is 13.2 Å². The highest BCUT2D eigenvalue weighted by Crippen LogP contribution is 2.78. The molecule has 4 heterocycles. The van der Waals surface area contributed by atoms with Crippen LogP contribution in [0, 0.1) is 51.9 Å². The summed E-state index contributed by atoms with van der Waals surface area (Å²) in [4.78, 5) is 25.7. The molecule has 1 aromatic carbocycles. The molecule has 52 heavy (non-hydrogen) atoms. The van der Waals surface area contributed by atoms with Gasteiger partial charge in [-0.2, -0.15) is 0 Å². The Morgan fingerprint density at radius 1 is 1.15 bits per heavy atom. The number of hydrogen-bond donors (Lipinski definition) is 2. The average Bonchev–Trinajstić information content (AvgIpc) is 3.76. The van der Waals surface area contributed by atoms with Gasteiger partial charge in [0.15, 0.2) is 5.72 Å². The molecule has 1 saturated heterocycles. The van der Waals surface area contributed by atoms with Crippen molar-refractivity contribution in [1.29, 1.82) is 0 Å². The fourth-order valence-corrected chi connectivity index (χ4v) is 13.3. The molecule has 0 aromatic heterocycles. The highest BCUT2D eigenvalue weighted by atomic mass is 16.6. The fourth-order valence-electron chi connectivity index (χ4n) is 13.3. The number of aliphatic hydroxyl groups excluding tert-OH is 1. The maximum atomic E-state index is 13.4. The molecule has 12 atom stereocenters. The Morgan fingerprint density at radius 3 is 2.75 bits per heavy atom. The summed E-state index contributed by atoms with van der Waals surface area (Å²) in [6.07, 6.45) is 20.6. The summed E-state index contributed by atoms with van der Waals surface area (Å²) in [5.74, 6) is 3.34. The number of hydrazine groups is 1. The molecule has 0 amide bonds. The van der Waals surface area contributed by atoms with E-state index in [4.69, 9.17) is 14.2 Å². The number of nitrogens with one attached hydrogen (secondary N) is 1. The van der Waals surface area contributed by atoms with Crippen molar-refractivity contribution in [1.82, 2.24) is 10.4 Å². The third-order valence-corrected chi connectivity index (χ3v) is 15.1. The van der Waals surface area contributed by atoms with Crippen molar-refractivity contribution in [2.45, 2.75) is 135 Å². The van der Waals surface area contributed by atoms with Crippen LogP contribution in [0.3, 0.4) is 0 Å². The number of aryl methyl sites for hydroxylation is 1. The molecular weight excluding hydrogens is 652 g/mol. The van der Waals surface area contributed by atoms with Gasteiger partial charge >= 0.3 is 11.9 Å². The predicted molar refractivity (Wildman–Crippen MR) is 198 cm³/mol. The van der Waals surface area contributed by atoms with Crippen LogP contribution in [-0.2, 0) is 30.2 Å². The summed E-state index contributed by atoms with van der Waals surface area (Å²) < 4.78 is 19.4. The number of cyclic esters (lactones) is 1. The van der Waals surface area contributed by atoms with Gasteiger partial charge in [-0.1, -0.05) is 82.5 Å². The number of rotatable bonds is 11. The first-order chi connectivity index (χ1) is 25.0. The third kappa shape index (κ3) is 5.42. The Labute approximate surface area is 310 Å².